The van der Waals surface area contributed by atoms with E-state index in [4.69, 9.17) is 9.47 Å². The van der Waals surface area contributed by atoms with Crippen LogP contribution in [0.25, 0.3) is 0 Å². The molecule has 0 aromatic carbocycles. The van der Waals surface area contributed by atoms with Gasteiger partial charge in [-0.3, -0.25) is 4.79 Å². The Hall–Kier alpha value is -1.95. The molecule has 0 aliphatic heterocycles. The molecule has 0 fully saturated rings. The molecule has 0 amide bonds. The maximum Gasteiger partial charge on any atom is 0.247 e. The fraction of sp³-hybridized carbons (Fsp3) is 0.250. The number of nitrogens with zero attached hydrogens (tertiary/aromatic N) is 2. The third-order valence-electron chi connectivity index (χ3n) is 2.40. The Morgan fingerprint density at radius 1 is 1.33 bits per heavy atom. The SMILES string of the molecule is COc1cnc(C(=O)c2sccc2C)c(OC)n1. The largest absolute Gasteiger partial charge is 0.480 e. The van der Waals surface area contributed by atoms with Crippen molar-refractivity contribution in [3.8, 4) is 11.8 Å². The van der Waals surface area contributed by atoms with Crippen LogP contribution >= 0.6 is 11.3 Å². The Kier molecular flexibility index (Phi) is 3.57. The zero-order chi connectivity index (χ0) is 13.1. The molecule has 0 unspecified atom stereocenters. The first-order chi connectivity index (χ1) is 8.67. The number of aryl methyl sites for hydroxylation is 1. The number of hydrogen-bond donors (Lipinski definition) is 0. The lowest BCUT2D eigenvalue weighted by Gasteiger charge is -2.06. The van der Waals surface area contributed by atoms with Crippen molar-refractivity contribution in [2.24, 2.45) is 0 Å². The highest BCUT2D eigenvalue weighted by Crippen LogP contribution is 2.24. The summed E-state index contributed by atoms with van der Waals surface area (Å²) in [5, 5.41) is 1.87. The van der Waals surface area contributed by atoms with Crippen molar-refractivity contribution >= 4 is 17.1 Å². The Morgan fingerprint density at radius 3 is 2.67 bits per heavy atom. The van der Waals surface area contributed by atoms with E-state index < -0.39 is 0 Å². The van der Waals surface area contributed by atoms with Crippen LogP contribution in [0.2, 0.25) is 0 Å². The average Bonchev–Trinajstić information content (AvgIpc) is 2.83. The van der Waals surface area contributed by atoms with Crippen LogP contribution in [0.15, 0.2) is 17.6 Å². The first-order valence-electron chi connectivity index (χ1n) is 5.21. The highest BCUT2D eigenvalue weighted by Gasteiger charge is 2.20. The van der Waals surface area contributed by atoms with Crippen molar-refractivity contribution in [1.29, 1.82) is 0 Å². The van der Waals surface area contributed by atoms with Crippen molar-refractivity contribution < 1.29 is 14.3 Å². The number of thiophene rings is 1. The summed E-state index contributed by atoms with van der Waals surface area (Å²) in [7, 11) is 2.93. The van der Waals surface area contributed by atoms with Gasteiger partial charge in [0, 0.05) is 0 Å². The van der Waals surface area contributed by atoms with Gasteiger partial charge in [-0.15, -0.1) is 11.3 Å². The van der Waals surface area contributed by atoms with Gasteiger partial charge in [0.15, 0.2) is 5.69 Å². The van der Waals surface area contributed by atoms with E-state index in [0.29, 0.717) is 10.8 Å². The standard InChI is InChI=1S/C12H12N2O3S/c1-7-4-5-18-11(7)10(15)9-12(17-3)14-8(16-2)6-13-9/h4-6H,1-3H3. The molecule has 2 aromatic rings. The van der Waals surface area contributed by atoms with Gasteiger partial charge in [-0.1, -0.05) is 0 Å². The molecule has 6 heteroatoms. The van der Waals surface area contributed by atoms with E-state index in [0.717, 1.165) is 5.56 Å². The molecule has 18 heavy (non-hydrogen) atoms. The fourth-order valence-corrected chi connectivity index (χ4v) is 2.33. The summed E-state index contributed by atoms with van der Waals surface area (Å²) in [4.78, 5) is 21.0. The normalized spacial score (nSPS) is 10.2. The van der Waals surface area contributed by atoms with E-state index in [9.17, 15) is 4.79 Å². The quantitative estimate of drug-likeness (QED) is 0.791. The Bertz CT molecular complexity index is 580. The number of methoxy groups -OCH3 is 2. The summed E-state index contributed by atoms with van der Waals surface area (Å²) in [6.45, 7) is 1.88. The van der Waals surface area contributed by atoms with E-state index in [1.807, 2.05) is 18.4 Å². The predicted octanol–water partition coefficient (Wildman–Crippen LogP) is 2.09. The van der Waals surface area contributed by atoms with Gasteiger partial charge in [0.2, 0.25) is 17.5 Å². The number of aromatic nitrogens is 2. The molecule has 0 saturated heterocycles. The van der Waals surface area contributed by atoms with Crippen LogP contribution < -0.4 is 9.47 Å². The summed E-state index contributed by atoms with van der Waals surface area (Å²) in [6.07, 6.45) is 1.40. The number of carbonyl (C=O) groups excluding carboxylic acids is 1. The molecule has 2 heterocycles. The minimum absolute atomic E-state index is 0.173. The Labute approximate surface area is 108 Å². The number of hydrogen-bond acceptors (Lipinski definition) is 6. The van der Waals surface area contributed by atoms with Gasteiger partial charge < -0.3 is 9.47 Å². The number of carbonyl (C=O) groups is 1. The summed E-state index contributed by atoms with van der Waals surface area (Å²) in [5.74, 6) is 0.299. The summed E-state index contributed by atoms with van der Waals surface area (Å²) < 4.78 is 10.0. The molecular formula is C12H12N2O3S. The molecule has 0 radical (unpaired) electrons. The van der Waals surface area contributed by atoms with Crippen LogP contribution in [-0.2, 0) is 0 Å². The maximum absolute atomic E-state index is 12.3. The second-order valence-electron chi connectivity index (χ2n) is 3.53. The van der Waals surface area contributed by atoms with Crippen LogP contribution in [-0.4, -0.2) is 30.0 Å². The molecule has 94 valence electrons. The van der Waals surface area contributed by atoms with Crippen LogP contribution in [0.4, 0.5) is 0 Å². The molecule has 0 aliphatic rings. The van der Waals surface area contributed by atoms with Crippen LogP contribution in [0.1, 0.15) is 20.9 Å². The lowest BCUT2D eigenvalue weighted by atomic mass is 10.2. The first kappa shape index (κ1) is 12.5. The molecule has 2 rings (SSSR count). The topological polar surface area (TPSA) is 61.3 Å². The first-order valence-corrected chi connectivity index (χ1v) is 6.09. The average molecular weight is 264 g/mol. The van der Waals surface area contributed by atoms with Gasteiger partial charge in [-0.05, 0) is 23.9 Å². The summed E-state index contributed by atoms with van der Waals surface area (Å²) >= 11 is 1.38. The Morgan fingerprint density at radius 2 is 2.11 bits per heavy atom. The van der Waals surface area contributed by atoms with Crippen molar-refractivity contribution in [1.82, 2.24) is 9.97 Å². The molecule has 0 saturated carbocycles. The fourth-order valence-electron chi connectivity index (χ4n) is 1.47. The van der Waals surface area contributed by atoms with Crippen LogP contribution in [0.3, 0.4) is 0 Å². The summed E-state index contributed by atoms with van der Waals surface area (Å²) in [5.41, 5.74) is 1.12. The van der Waals surface area contributed by atoms with Crippen molar-refractivity contribution in [2.45, 2.75) is 6.92 Å². The lowest BCUT2D eigenvalue weighted by molar-refractivity contribution is 0.103. The van der Waals surface area contributed by atoms with E-state index >= 15 is 0 Å². The number of rotatable bonds is 4. The maximum atomic E-state index is 12.3. The van der Waals surface area contributed by atoms with Gasteiger partial charge in [-0.25, -0.2) is 4.98 Å². The lowest BCUT2D eigenvalue weighted by Crippen LogP contribution is -2.08. The van der Waals surface area contributed by atoms with Gasteiger partial charge in [0.25, 0.3) is 0 Å². The van der Waals surface area contributed by atoms with E-state index in [1.165, 1.54) is 31.8 Å². The molecule has 0 atom stereocenters. The molecule has 0 N–H and O–H groups in total. The van der Waals surface area contributed by atoms with Crippen LogP contribution in [0.5, 0.6) is 11.8 Å². The van der Waals surface area contributed by atoms with Crippen molar-refractivity contribution in [2.75, 3.05) is 14.2 Å². The van der Waals surface area contributed by atoms with Crippen molar-refractivity contribution in [3.05, 3.63) is 33.8 Å². The van der Waals surface area contributed by atoms with Crippen molar-refractivity contribution in [3.63, 3.8) is 0 Å². The third kappa shape index (κ3) is 2.19. The molecule has 0 bridgehead atoms. The highest BCUT2D eigenvalue weighted by atomic mass is 32.1. The second kappa shape index (κ2) is 5.14. The van der Waals surface area contributed by atoms with Gasteiger partial charge in [0.1, 0.15) is 0 Å². The van der Waals surface area contributed by atoms with Gasteiger partial charge in [-0.2, -0.15) is 4.98 Å². The molecule has 2 aromatic heterocycles. The van der Waals surface area contributed by atoms with E-state index in [2.05, 4.69) is 9.97 Å². The third-order valence-corrected chi connectivity index (χ3v) is 3.42. The molecule has 0 spiro atoms. The van der Waals surface area contributed by atoms with E-state index in [-0.39, 0.29) is 17.4 Å². The van der Waals surface area contributed by atoms with E-state index in [1.54, 1.807) is 0 Å². The zero-order valence-corrected chi connectivity index (χ0v) is 11.1. The smallest absolute Gasteiger partial charge is 0.247 e. The monoisotopic (exact) mass is 264 g/mol. The van der Waals surface area contributed by atoms with Gasteiger partial charge >= 0.3 is 0 Å². The zero-order valence-electron chi connectivity index (χ0n) is 10.3. The predicted molar refractivity (Wildman–Crippen MR) is 67.6 cm³/mol. The van der Waals surface area contributed by atoms with Crippen LogP contribution in [0, 0.1) is 6.92 Å². The second-order valence-corrected chi connectivity index (χ2v) is 4.45. The summed E-state index contributed by atoms with van der Waals surface area (Å²) in [6, 6.07) is 1.89. The molecular weight excluding hydrogens is 252 g/mol. The minimum Gasteiger partial charge on any atom is -0.480 e. The number of ether oxygens (including phenoxy) is 2. The highest BCUT2D eigenvalue weighted by molar-refractivity contribution is 7.12. The Balaban J connectivity index is 2.45. The molecule has 0 aliphatic carbocycles. The van der Waals surface area contributed by atoms with Gasteiger partial charge in [0.05, 0.1) is 25.3 Å². The number of ketones is 1. The molecule has 5 nitrogen and oxygen atoms in total. The minimum atomic E-state index is -0.186.